The van der Waals surface area contributed by atoms with Crippen LogP contribution in [0.2, 0.25) is 0 Å². The Morgan fingerprint density at radius 1 is 1.23 bits per heavy atom. The summed E-state index contributed by atoms with van der Waals surface area (Å²) in [4.78, 5) is 0. The van der Waals surface area contributed by atoms with Crippen molar-refractivity contribution in [2.45, 2.75) is 6.42 Å². The molecule has 1 nitrogen and oxygen atoms in total. The van der Waals surface area contributed by atoms with Gasteiger partial charge in [0.25, 0.3) is 0 Å². The van der Waals surface area contributed by atoms with Crippen molar-refractivity contribution in [3.8, 4) is 0 Å². The summed E-state index contributed by atoms with van der Waals surface area (Å²) >= 11 is 2.03. The molecule has 0 atom stereocenters. The van der Waals surface area contributed by atoms with E-state index in [1.165, 1.54) is 7.05 Å². The molecular formula is C8H19Cl2NSiTi-4. The molecule has 1 N–H and O–H groups in total. The summed E-state index contributed by atoms with van der Waals surface area (Å²) in [6, 6.07) is 0. The molecule has 0 bridgehead atoms. The second-order valence-corrected chi connectivity index (χ2v) is 1.00. The Bertz CT molecular complexity index is 90.1. The SMILES string of the molecule is C[NH-].Cl.Cl.[C-]1=CC=CC1.[CH3-].[CH3-].[SiH2]=[Ti]. The van der Waals surface area contributed by atoms with Crippen LogP contribution in [0.5, 0.6) is 0 Å². The fourth-order valence-electron chi connectivity index (χ4n) is 0.340. The van der Waals surface area contributed by atoms with Crippen molar-refractivity contribution in [3.05, 3.63) is 44.9 Å². The van der Waals surface area contributed by atoms with Crippen molar-refractivity contribution in [1.82, 2.24) is 0 Å². The summed E-state index contributed by atoms with van der Waals surface area (Å²) in [5, 5.41) is 0. The summed E-state index contributed by atoms with van der Waals surface area (Å²) < 4.78 is 0. The van der Waals surface area contributed by atoms with Crippen LogP contribution in [-0.4, -0.2) is 14.7 Å². The molecule has 82 valence electrons. The van der Waals surface area contributed by atoms with Crippen molar-refractivity contribution in [1.29, 1.82) is 0 Å². The van der Waals surface area contributed by atoms with Gasteiger partial charge >= 0.3 is 26.8 Å². The van der Waals surface area contributed by atoms with E-state index in [1.807, 2.05) is 39.0 Å². The van der Waals surface area contributed by atoms with Crippen LogP contribution in [0.1, 0.15) is 6.42 Å². The van der Waals surface area contributed by atoms with Gasteiger partial charge in [0.2, 0.25) is 0 Å². The third kappa shape index (κ3) is 43.9. The Kier molecular flexibility index (Phi) is 149. The Labute approximate surface area is 109 Å². The molecule has 0 amide bonds. The predicted octanol–water partition coefficient (Wildman–Crippen LogP) is 2.80. The number of hydrogen-bond donors (Lipinski definition) is 0. The fraction of sp³-hybridized carbons (Fsp3) is 0.250. The van der Waals surface area contributed by atoms with E-state index < -0.39 is 0 Å². The standard InChI is InChI=1S/C5H5.CH4N.2CH3.2ClH.H2Si.Ti/c1-2-4-5-3-1;1-2;;;;;;/h1-3H,4H2;2H,1H3;2*1H3;2*1H;1H2;/q4*-1;;;;. The normalized spacial score (nSPS) is 7.46. The maximum atomic E-state index is 5.75. The van der Waals surface area contributed by atoms with E-state index in [0.29, 0.717) is 0 Å². The molecule has 5 heteroatoms. The third-order valence-corrected chi connectivity index (χ3v) is 0.586. The summed E-state index contributed by atoms with van der Waals surface area (Å²) in [5.74, 6) is 0. The molecule has 0 radical (unpaired) electrons. The molecule has 0 aromatic rings. The van der Waals surface area contributed by atoms with E-state index in [0.717, 1.165) is 6.42 Å². The minimum atomic E-state index is 0. The van der Waals surface area contributed by atoms with Gasteiger partial charge in [-0.05, 0) is 0 Å². The van der Waals surface area contributed by atoms with Gasteiger partial charge in [-0.15, -0.1) is 31.2 Å². The van der Waals surface area contributed by atoms with Crippen LogP contribution in [-0.2, 0) is 19.2 Å². The number of nitrogens with one attached hydrogen (secondary N) is 1. The molecule has 1 aliphatic rings. The first-order valence-electron chi connectivity index (χ1n) is 2.57. The van der Waals surface area contributed by atoms with Crippen molar-refractivity contribution in [3.63, 3.8) is 0 Å². The molecule has 0 saturated heterocycles. The zero-order valence-corrected chi connectivity index (χ0v) is 13.1. The Morgan fingerprint density at radius 3 is 1.69 bits per heavy atom. The quantitative estimate of drug-likeness (QED) is 0.480. The first kappa shape index (κ1) is 37.0. The molecule has 0 aromatic carbocycles. The van der Waals surface area contributed by atoms with Gasteiger partial charge in [-0.25, -0.2) is 12.2 Å². The third-order valence-electron chi connectivity index (χ3n) is 0.586. The summed E-state index contributed by atoms with van der Waals surface area (Å²) in [7, 11) is 3.11. The van der Waals surface area contributed by atoms with E-state index in [-0.39, 0.29) is 39.7 Å². The Morgan fingerprint density at radius 2 is 1.62 bits per heavy atom. The van der Waals surface area contributed by atoms with Crippen LogP contribution in [0.25, 0.3) is 5.73 Å². The predicted molar refractivity (Wildman–Crippen MR) is 67.7 cm³/mol. The second kappa shape index (κ2) is 52.2. The first-order valence-corrected chi connectivity index (χ1v) is 6.59. The van der Waals surface area contributed by atoms with Gasteiger partial charge in [-0.3, -0.25) is 6.08 Å². The van der Waals surface area contributed by atoms with Gasteiger partial charge < -0.3 is 20.6 Å². The van der Waals surface area contributed by atoms with Gasteiger partial charge in [0.05, 0.1) is 0 Å². The molecule has 0 unspecified atom stereocenters. The van der Waals surface area contributed by atoms with Crippen LogP contribution in [0.4, 0.5) is 0 Å². The summed E-state index contributed by atoms with van der Waals surface area (Å²) in [5.41, 5.74) is 5.75. The van der Waals surface area contributed by atoms with E-state index >= 15 is 0 Å². The van der Waals surface area contributed by atoms with Gasteiger partial charge in [0, 0.05) is 0 Å². The molecule has 0 fully saturated rings. The fourth-order valence-corrected chi connectivity index (χ4v) is 0.340. The number of hydrogen-bond acceptors (Lipinski definition) is 0. The monoisotopic (exact) mass is 275 g/mol. The zero-order chi connectivity index (χ0) is 7.54. The van der Waals surface area contributed by atoms with Gasteiger partial charge in [0.15, 0.2) is 0 Å². The van der Waals surface area contributed by atoms with Crippen LogP contribution < -0.4 is 0 Å². The molecule has 0 spiro atoms. The summed E-state index contributed by atoms with van der Waals surface area (Å²) in [6.45, 7) is 0. The second-order valence-electron chi connectivity index (χ2n) is 1.00. The van der Waals surface area contributed by atoms with Crippen LogP contribution in [0.3, 0.4) is 0 Å². The van der Waals surface area contributed by atoms with E-state index in [9.17, 15) is 0 Å². The molecule has 1 aliphatic carbocycles. The van der Waals surface area contributed by atoms with Gasteiger partial charge in [-0.2, -0.15) is 13.1 Å². The van der Waals surface area contributed by atoms with E-state index in [4.69, 9.17) is 5.73 Å². The van der Waals surface area contributed by atoms with Crippen molar-refractivity contribution >= 4 is 32.4 Å². The minimum absolute atomic E-state index is 0. The van der Waals surface area contributed by atoms with Crippen LogP contribution in [0, 0.1) is 20.9 Å². The molecule has 13 heavy (non-hydrogen) atoms. The average molecular weight is 276 g/mol. The van der Waals surface area contributed by atoms with Crippen molar-refractivity contribution in [2.75, 3.05) is 7.05 Å². The van der Waals surface area contributed by atoms with E-state index in [2.05, 4.69) is 12.2 Å². The maximum absolute atomic E-state index is 5.75. The zero-order valence-electron chi connectivity index (χ0n) is 8.46. The molecular weight excluding hydrogens is 257 g/mol. The first-order chi connectivity index (χ1) is 4.50. The molecule has 0 saturated carbocycles. The van der Waals surface area contributed by atoms with Crippen molar-refractivity contribution < 1.29 is 19.2 Å². The van der Waals surface area contributed by atoms with Gasteiger partial charge in [0.1, 0.15) is 0 Å². The number of halogens is 2. The average Bonchev–Trinajstić information content (AvgIpc) is 2.51. The molecule has 0 heterocycles. The van der Waals surface area contributed by atoms with E-state index in [1.54, 1.807) is 0 Å². The summed E-state index contributed by atoms with van der Waals surface area (Å²) in [6.07, 6.45) is 10.0. The van der Waals surface area contributed by atoms with Crippen LogP contribution >= 0.6 is 24.8 Å². The molecule has 1 rings (SSSR count). The number of rotatable bonds is 0. The topological polar surface area (TPSA) is 23.8 Å². The Hall–Kier alpha value is 0.951. The van der Waals surface area contributed by atoms with Crippen LogP contribution in [0.15, 0.2) is 18.2 Å². The molecule has 0 aliphatic heterocycles. The van der Waals surface area contributed by atoms with Gasteiger partial charge in [-0.1, -0.05) is 0 Å². The Balaban J connectivity index is -0.0000000141. The van der Waals surface area contributed by atoms with Crippen molar-refractivity contribution in [2.24, 2.45) is 0 Å². The molecule has 0 aromatic heterocycles. The number of allylic oxidation sites excluding steroid dienone is 4.